The Morgan fingerprint density at radius 3 is 2.63 bits per heavy atom. The first-order valence-electron chi connectivity index (χ1n) is 8.77. The molecule has 0 bridgehead atoms. The number of rotatable bonds is 5. The number of para-hydroxylation sites is 2. The van der Waals surface area contributed by atoms with Gasteiger partial charge in [0.15, 0.2) is 0 Å². The molecule has 0 aliphatic heterocycles. The molecule has 7 heteroatoms. The van der Waals surface area contributed by atoms with Crippen LogP contribution in [0.25, 0.3) is 21.8 Å². The first-order chi connectivity index (χ1) is 13.2. The van der Waals surface area contributed by atoms with Crippen LogP contribution in [0.15, 0.2) is 59.4 Å². The molecule has 0 unspecified atom stereocenters. The number of H-pyrrole nitrogens is 1. The van der Waals surface area contributed by atoms with Crippen LogP contribution in [0.2, 0.25) is 0 Å². The molecule has 0 saturated heterocycles. The van der Waals surface area contributed by atoms with Crippen molar-refractivity contribution < 1.29 is 4.79 Å². The van der Waals surface area contributed by atoms with Gasteiger partial charge < -0.3 is 15.6 Å². The van der Waals surface area contributed by atoms with Crippen LogP contribution in [0.3, 0.4) is 0 Å². The Kier molecular flexibility index (Phi) is 4.43. The van der Waals surface area contributed by atoms with Crippen LogP contribution in [0.1, 0.15) is 16.9 Å². The molecule has 0 aliphatic rings. The second-order valence-electron chi connectivity index (χ2n) is 6.26. The summed E-state index contributed by atoms with van der Waals surface area (Å²) < 4.78 is 1.67. The molecule has 4 N–H and O–H groups in total. The van der Waals surface area contributed by atoms with Crippen molar-refractivity contribution in [3.8, 4) is 0 Å². The minimum absolute atomic E-state index is 0.158. The number of fused-ring (bicyclic) bond motifs is 3. The van der Waals surface area contributed by atoms with E-state index in [0.29, 0.717) is 36.1 Å². The number of nitrogens with two attached hydrogens (primary N) is 1. The number of hydrogen-bond acceptors (Lipinski definition) is 4. The summed E-state index contributed by atoms with van der Waals surface area (Å²) in [5, 5.41) is 10.9. The summed E-state index contributed by atoms with van der Waals surface area (Å²) in [7, 11) is 0. The first kappa shape index (κ1) is 17.0. The summed E-state index contributed by atoms with van der Waals surface area (Å²) in [5.41, 5.74) is 7.47. The highest BCUT2D eigenvalue weighted by atomic mass is 16.2. The maximum atomic E-state index is 13.2. The van der Waals surface area contributed by atoms with E-state index in [1.165, 1.54) is 0 Å². The van der Waals surface area contributed by atoms with Gasteiger partial charge in [-0.3, -0.25) is 14.7 Å². The van der Waals surface area contributed by atoms with E-state index in [2.05, 4.69) is 15.5 Å². The van der Waals surface area contributed by atoms with E-state index in [0.717, 1.165) is 10.9 Å². The number of nitrogens with zero attached hydrogens (tertiary/aromatic N) is 2. The average molecular weight is 361 g/mol. The van der Waals surface area contributed by atoms with Crippen molar-refractivity contribution >= 4 is 33.4 Å². The molecule has 2 aromatic heterocycles. The highest BCUT2D eigenvalue weighted by Crippen LogP contribution is 2.23. The monoisotopic (exact) mass is 361 g/mol. The van der Waals surface area contributed by atoms with Crippen molar-refractivity contribution in [1.82, 2.24) is 14.8 Å². The van der Waals surface area contributed by atoms with Crippen LogP contribution in [-0.2, 0) is 6.54 Å². The van der Waals surface area contributed by atoms with Gasteiger partial charge in [-0.05, 0) is 31.2 Å². The van der Waals surface area contributed by atoms with Crippen molar-refractivity contribution in [1.29, 1.82) is 0 Å². The fourth-order valence-electron chi connectivity index (χ4n) is 3.25. The zero-order valence-electron chi connectivity index (χ0n) is 14.6. The molecular weight excluding hydrogens is 342 g/mol. The molecule has 2 aromatic carbocycles. The predicted molar refractivity (Wildman–Crippen MR) is 106 cm³/mol. The number of aryl methyl sites for hydroxylation is 1. The quantitative estimate of drug-likeness (QED) is 0.508. The highest BCUT2D eigenvalue weighted by Gasteiger charge is 2.21. The summed E-state index contributed by atoms with van der Waals surface area (Å²) in [6, 6.07) is 16.6. The van der Waals surface area contributed by atoms with E-state index in [1.54, 1.807) is 16.7 Å². The summed E-state index contributed by atoms with van der Waals surface area (Å²) >= 11 is 0. The molecule has 2 heterocycles. The smallest absolute Gasteiger partial charge is 0.274 e. The summed E-state index contributed by atoms with van der Waals surface area (Å²) in [4.78, 5) is 25.9. The van der Waals surface area contributed by atoms with E-state index in [9.17, 15) is 9.59 Å². The Morgan fingerprint density at radius 2 is 1.85 bits per heavy atom. The number of carbonyl (C=O) groups excluding carboxylic acids is 1. The molecule has 0 atom stereocenters. The van der Waals surface area contributed by atoms with Crippen molar-refractivity contribution in [3.05, 3.63) is 70.6 Å². The second-order valence-corrected chi connectivity index (χ2v) is 6.26. The lowest BCUT2D eigenvalue weighted by atomic mass is 10.1. The number of aromatic nitrogens is 3. The van der Waals surface area contributed by atoms with Crippen molar-refractivity contribution in [2.24, 2.45) is 5.73 Å². The van der Waals surface area contributed by atoms with Crippen molar-refractivity contribution in [2.45, 2.75) is 13.0 Å². The Bertz CT molecular complexity index is 1180. The number of aromatic amines is 1. The molecule has 27 heavy (non-hydrogen) atoms. The van der Waals surface area contributed by atoms with Crippen LogP contribution < -0.4 is 16.6 Å². The minimum atomic E-state index is -0.401. The Morgan fingerprint density at radius 1 is 1.11 bits per heavy atom. The third-order valence-corrected chi connectivity index (χ3v) is 4.52. The average Bonchev–Trinajstić information content (AvgIpc) is 3.14. The van der Waals surface area contributed by atoms with Gasteiger partial charge in [-0.2, -0.15) is 5.10 Å². The van der Waals surface area contributed by atoms with Gasteiger partial charge in [0, 0.05) is 17.6 Å². The molecule has 4 aromatic rings. The van der Waals surface area contributed by atoms with E-state index in [-0.39, 0.29) is 11.3 Å². The van der Waals surface area contributed by atoms with Gasteiger partial charge in [0.05, 0.1) is 10.9 Å². The number of hydrogen-bond donors (Lipinski definition) is 3. The summed E-state index contributed by atoms with van der Waals surface area (Å²) in [5.74, 6) is -0.401. The molecule has 0 fully saturated rings. The standard InChI is InChI=1S/C20H19N5O2/c21-11-6-12-25-15-10-5-4-9-14(15)17-16(20(25)27)18(24-23-17)19(26)22-13-7-2-1-3-8-13/h1-5,7-10H,6,11-12,21H2,(H,22,26)(H,23,24). The van der Waals surface area contributed by atoms with Crippen molar-refractivity contribution in [3.63, 3.8) is 0 Å². The van der Waals surface area contributed by atoms with E-state index >= 15 is 0 Å². The van der Waals surface area contributed by atoms with Crippen LogP contribution in [0.4, 0.5) is 5.69 Å². The lowest BCUT2D eigenvalue weighted by Gasteiger charge is -2.11. The molecule has 4 rings (SSSR count). The van der Waals surface area contributed by atoms with Gasteiger partial charge in [0.1, 0.15) is 11.2 Å². The third-order valence-electron chi connectivity index (χ3n) is 4.52. The number of benzene rings is 2. The maximum absolute atomic E-state index is 13.2. The van der Waals surface area contributed by atoms with Crippen LogP contribution in [0, 0.1) is 0 Å². The molecule has 0 spiro atoms. The normalized spacial score (nSPS) is 11.1. The molecular formula is C20H19N5O2. The van der Waals surface area contributed by atoms with Crippen molar-refractivity contribution in [2.75, 3.05) is 11.9 Å². The van der Waals surface area contributed by atoms with Gasteiger partial charge in [-0.25, -0.2) is 0 Å². The van der Waals surface area contributed by atoms with E-state index < -0.39 is 5.91 Å². The Labute approximate surface area is 154 Å². The van der Waals surface area contributed by atoms with E-state index in [1.807, 2.05) is 42.5 Å². The number of anilines is 1. The zero-order valence-corrected chi connectivity index (χ0v) is 14.6. The SMILES string of the molecule is NCCCn1c(=O)c2c(C(=O)Nc3ccccc3)[nH]nc2c2ccccc21. The van der Waals surface area contributed by atoms with Crippen LogP contribution in [0.5, 0.6) is 0 Å². The number of amides is 1. The van der Waals surface area contributed by atoms with Crippen LogP contribution >= 0.6 is 0 Å². The minimum Gasteiger partial charge on any atom is -0.330 e. The fraction of sp³-hybridized carbons (Fsp3) is 0.150. The fourth-order valence-corrected chi connectivity index (χ4v) is 3.25. The number of pyridine rings is 1. The Balaban J connectivity index is 1.89. The predicted octanol–water partition coefficient (Wildman–Crippen LogP) is 2.48. The largest absolute Gasteiger partial charge is 0.330 e. The molecule has 0 radical (unpaired) electrons. The summed E-state index contributed by atoms with van der Waals surface area (Å²) in [6.07, 6.45) is 0.665. The van der Waals surface area contributed by atoms with Gasteiger partial charge in [0.2, 0.25) is 0 Å². The second kappa shape index (κ2) is 7.05. The molecule has 7 nitrogen and oxygen atoms in total. The topological polar surface area (TPSA) is 106 Å². The first-order valence-corrected chi connectivity index (χ1v) is 8.77. The van der Waals surface area contributed by atoms with Gasteiger partial charge in [-0.1, -0.05) is 36.4 Å². The van der Waals surface area contributed by atoms with Crippen LogP contribution in [-0.4, -0.2) is 27.2 Å². The molecule has 0 aliphatic carbocycles. The maximum Gasteiger partial charge on any atom is 0.274 e. The highest BCUT2D eigenvalue weighted by molar-refractivity contribution is 6.15. The zero-order chi connectivity index (χ0) is 18.8. The van der Waals surface area contributed by atoms with E-state index in [4.69, 9.17) is 5.73 Å². The van der Waals surface area contributed by atoms with Gasteiger partial charge in [-0.15, -0.1) is 0 Å². The summed E-state index contributed by atoms with van der Waals surface area (Å²) in [6.45, 7) is 0.961. The molecule has 1 amide bonds. The molecule has 0 saturated carbocycles. The lowest BCUT2D eigenvalue weighted by Crippen LogP contribution is -2.24. The number of carbonyl (C=O) groups is 1. The Hall–Kier alpha value is -3.45. The third kappa shape index (κ3) is 2.98. The number of nitrogens with one attached hydrogen (secondary N) is 2. The lowest BCUT2D eigenvalue weighted by molar-refractivity contribution is 0.102. The van der Waals surface area contributed by atoms with Gasteiger partial charge in [0.25, 0.3) is 11.5 Å². The molecule has 136 valence electrons. The van der Waals surface area contributed by atoms with Gasteiger partial charge >= 0.3 is 0 Å².